The van der Waals surface area contributed by atoms with Crippen molar-refractivity contribution in [3.05, 3.63) is 48.0 Å². The summed E-state index contributed by atoms with van der Waals surface area (Å²) < 4.78 is 25.3. The number of pyridine rings is 1. The average Bonchev–Trinajstić information content (AvgIpc) is 3.10. The van der Waals surface area contributed by atoms with E-state index in [4.69, 9.17) is 9.47 Å². The first-order valence-electron chi connectivity index (χ1n) is 10.0. The van der Waals surface area contributed by atoms with Gasteiger partial charge in [-0.3, -0.25) is 4.98 Å². The van der Waals surface area contributed by atoms with Crippen molar-refractivity contribution in [2.24, 2.45) is 0 Å². The third-order valence-corrected chi connectivity index (χ3v) is 4.40. The standard InChI is InChI=1S/C22H27FN4O4/c1-14-5-6-16(12-24-14)25-20(28)26-17-9-15(23)10-19(11-17)30-18-7-8-27(13-18)21(29)31-22(2,3)4/h5-6,9-12,18H,7-8,13H2,1-4H3,(H2,25,26,28). The second-order valence-corrected chi connectivity index (χ2v) is 8.40. The van der Waals surface area contributed by atoms with Crippen LogP contribution in [0.25, 0.3) is 0 Å². The van der Waals surface area contributed by atoms with Crippen LogP contribution in [-0.4, -0.2) is 46.8 Å². The topological polar surface area (TPSA) is 92.8 Å². The van der Waals surface area contributed by atoms with Gasteiger partial charge in [-0.1, -0.05) is 0 Å². The largest absolute Gasteiger partial charge is 0.488 e. The molecule has 2 N–H and O–H groups in total. The molecule has 1 fully saturated rings. The van der Waals surface area contributed by atoms with E-state index in [-0.39, 0.29) is 17.5 Å². The molecule has 1 saturated heterocycles. The number of hydrogen-bond acceptors (Lipinski definition) is 5. The Kier molecular flexibility index (Phi) is 6.62. The highest BCUT2D eigenvalue weighted by atomic mass is 19.1. The van der Waals surface area contributed by atoms with Gasteiger partial charge in [0.1, 0.15) is 23.3 Å². The molecule has 1 aromatic carbocycles. The molecule has 0 radical (unpaired) electrons. The molecule has 2 aromatic rings. The highest BCUT2D eigenvalue weighted by Crippen LogP contribution is 2.25. The molecule has 3 amide bonds. The van der Waals surface area contributed by atoms with Crippen LogP contribution in [0, 0.1) is 12.7 Å². The lowest BCUT2D eigenvalue weighted by Crippen LogP contribution is -2.36. The number of rotatable bonds is 4. The number of nitrogens with zero attached hydrogens (tertiary/aromatic N) is 2. The Hall–Kier alpha value is -3.36. The summed E-state index contributed by atoms with van der Waals surface area (Å²) in [6.45, 7) is 8.10. The molecule has 1 aromatic heterocycles. The fraction of sp³-hybridized carbons (Fsp3) is 0.409. The number of benzene rings is 1. The maximum atomic E-state index is 14.1. The Labute approximate surface area is 180 Å². The van der Waals surface area contributed by atoms with E-state index in [0.29, 0.717) is 25.2 Å². The van der Waals surface area contributed by atoms with Gasteiger partial charge >= 0.3 is 12.1 Å². The Morgan fingerprint density at radius 3 is 2.58 bits per heavy atom. The summed E-state index contributed by atoms with van der Waals surface area (Å²) in [4.78, 5) is 30.1. The van der Waals surface area contributed by atoms with E-state index in [0.717, 1.165) is 5.69 Å². The minimum atomic E-state index is -0.575. The molecule has 1 unspecified atom stereocenters. The molecule has 2 heterocycles. The van der Waals surface area contributed by atoms with E-state index in [1.54, 1.807) is 17.0 Å². The van der Waals surface area contributed by atoms with E-state index in [9.17, 15) is 14.0 Å². The number of carbonyl (C=O) groups excluding carboxylic acids is 2. The van der Waals surface area contributed by atoms with Crippen LogP contribution >= 0.6 is 0 Å². The highest BCUT2D eigenvalue weighted by Gasteiger charge is 2.31. The molecule has 0 aliphatic carbocycles. The second-order valence-electron chi connectivity index (χ2n) is 8.40. The summed E-state index contributed by atoms with van der Waals surface area (Å²) in [5, 5.41) is 5.21. The van der Waals surface area contributed by atoms with Crippen LogP contribution in [0.1, 0.15) is 32.9 Å². The summed E-state index contributed by atoms with van der Waals surface area (Å²) >= 11 is 0. The molecule has 0 spiro atoms. The van der Waals surface area contributed by atoms with Gasteiger partial charge in [0.2, 0.25) is 0 Å². The molecule has 3 rings (SSSR count). The number of halogens is 1. The molecule has 1 aliphatic rings. The Balaban J connectivity index is 1.58. The van der Waals surface area contributed by atoms with Crippen LogP contribution in [-0.2, 0) is 4.74 Å². The van der Waals surface area contributed by atoms with Crippen molar-refractivity contribution < 1.29 is 23.5 Å². The van der Waals surface area contributed by atoms with Crippen molar-refractivity contribution >= 4 is 23.5 Å². The number of carbonyl (C=O) groups is 2. The summed E-state index contributed by atoms with van der Waals surface area (Å²) in [5.74, 6) is -0.282. The van der Waals surface area contributed by atoms with Gasteiger partial charge in [0.25, 0.3) is 0 Å². The molecule has 1 atom stereocenters. The van der Waals surface area contributed by atoms with Gasteiger partial charge in [0.05, 0.1) is 18.4 Å². The molecular formula is C22H27FN4O4. The first kappa shape index (κ1) is 22.3. The summed E-state index contributed by atoms with van der Waals surface area (Å²) in [6.07, 6.45) is 1.43. The maximum Gasteiger partial charge on any atom is 0.410 e. The first-order chi connectivity index (χ1) is 14.6. The third-order valence-electron chi connectivity index (χ3n) is 4.40. The molecule has 0 saturated carbocycles. The van der Waals surface area contributed by atoms with Gasteiger partial charge < -0.3 is 25.0 Å². The van der Waals surface area contributed by atoms with Gasteiger partial charge in [0.15, 0.2) is 0 Å². The van der Waals surface area contributed by atoms with Gasteiger partial charge in [-0.2, -0.15) is 0 Å². The molecule has 166 valence electrons. The van der Waals surface area contributed by atoms with Crippen LogP contribution in [0.5, 0.6) is 5.75 Å². The van der Waals surface area contributed by atoms with Gasteiger partial charge in [-0.05, 0) is 45.9 Å². The van der Waals surface area contributed by atoms with Crippen LogP contribution in [0.2, 0.25) is 0 Å². The van der Waals surface area contributed by atoms with Crippen LogP contribution in [0.4, 0.5) is 25.4 Å². The van der Waals surface area contributed by atoms with E-state index >= 15 is 0 Å². The smallest absolute Gasteiger partial charge is 0.410 e. The zero-order valence-corrected chi connectivity index (χ0v) is 18.1. The number of anilines is 2. The van der Waals surface area contributed by atoms with Crippen LogP contribution in [0.15, 0.2) is 36.5 Å². The fourth-order valence-corrected chi connectivity index (χ4v) is 3.05. The monoisotopic (exact) mass is 430 g/mol. The van der Waals surface area contributed by atoms with E-state index < -0.39 is 23.5 Å². The predicted octanol–water partition coefficient (Wildman–Crippen LogP) is 4.56. The number of amides is 3. The van der Waals surface area contributed by atoms with Crippen molar-refractivity contribution in [1.29, 1.82) is 0 Å². The normalized spacial score (nSPS) is 16.0. The van der Waals surface area contributed by atoms with Gasteiger partial charge in [0, 0.05) is 36.5 Å². The first-order valence-corrected chi connectivity index (χ1v) is 10.0. The Morgan fingerprint density at radius 1 is 1.16 bits per heavy atom. The van der Waals surface area contributed by atoms with Crippen LogP contribution < -0.4 is 15.4 Å². The lowest BCUT2D eigenvalue weighted by atomic mass is 10.2. The maximum absolute atomic E-state index is 14.1. The van der Waals surface area contributed by atoms with E-state index in [1.165, 1.54) is 24.4 Å². The number of likely N-dealkylation sites (tertiary alicyclic amines) is 1. The van der Waals surface area contributed by atoms with Gasteiger partial charge in [-0.25, -0.2) is 14.0 Å². The predicted molar refractivity (Wildman–Crippen MR) is 115 cm³/mol. The number of aromatic nitrogens is 1. The minimum Gasteiger partial charge on any atom is -0.488 e. The summed E-state index contributed by atoms with van der Waals surface area (Å²) in [7, 11) is 0. The molecule has 0 bridgehead atoms. The summed E-state index contributed by atoms with van der Waals surface area (Å²) in [6, 6.07) is 6.93. The Bertz CT molecular complexity index is 944. The van der Waals surface area contributed by atoms with Gasteiger partial charge in [-0.15, -0.1) is 0 Å². The summed E-state index contributed by atoms with van der Waals surface area (Å²) in [5.41, 5.74) is 1.02. The minimum absolute atomic E-state index is 0.245. The third kappa shape index (κ3) is 6.84. The molecular weight excluding hydrogens is 403 g/mol. The van der Waals surface area contributed by atoms with Crippen molar-refractivity contribution in [1.82, 2.24) is 9.88 Å². The van der Waals surface area contributed by atoms with Crippen molar-refractivity contribution in [3.8, 4) is 5.75 Å². The van der Waals surface area contributed by atoms with E-state index in [1.807, 2.05) is 27.7 Å². The molecule has 8 nitrogen and oxygen atoms in total. The lowest BCUT2D eigenvalue weighted by Gasteiger charge is -2.24. The number of hydrogen-bond donors (Lipinski definition) is 2. The van der Waals surface area contributed by atoms with Crippen molar-refractivity contribution in [2.75, 3.05) is 23.7 Å². The number of urea groups is 1. The number of ether oxygens (including phenoxy) is 2. The molecule has 1 aliphatic heterocycles. The van der Waals surface area contributed by atoms with Crippen LogP contribution in [0.3, 0.4) is 0 Å². The zero-order chi connectivity index (χ0) is 22.6. The SMILES string of the molecule is Cc1ccc(NC(=O)Nc2cc(F)cc(OC3CCN(C(=O)OC(C)(C)C)C3)c2)cn1. The van der Waals surface area contributed by atoms with Crippen molar-refractivity contribution in [3.63, 3.8) is 0 Å². The second kappa shape index (κ2) is 9.20. The Morgan fingerprint density at radius 2 is 1.90 bits per heavy atom. The number of aryl methyl sites for hydroxylation is 1. The zero-order valence-electron chi connectivity index (χ0n) is 18.1. The molecule has 31 heavy (non-hydrogen) atoms. The quantitative estimate of drug-likeness (QED) is 0.742. The van der Waals surface area contributed by atoms with E-state index in [2.05, 4.69) is 15.6 Å². The lowest BCUT2D eigenvalue weighted by molar-refractivity contribution is 0.0275. The number of nitrogens with one attached hydrogen (secondary N) is 2. The fourth-order valence-electron chi connectivity index (χ4n) is 3.05. The molecule has 9 heteroatoms. The van der Waals surface area contributed by atoms with Crippen molar-refractivity contribution in [2.45, 2.75) is 45.8 Å². The average molecular weight is 430 g/mol. The highest BCUT2D eigenvalue weighted by molar-refractivity contribution is 5.99.